The number of hydrogen-bond acceptors (Lipinski definition) is 3. The average molecular weight is 313 g/mol. The van der Waals surface area contributed by atoms with Crippen LogP contribution in [0.1, 0.15) is 31.1 Å². The van der Waals surface area contributed by atoms with E-state index < -0.39 is 5.54 Å². The summed E-state index contributed by atoms with van der Waals surface area (Å²) in [5.74, 6) is 0.293. The van der Waals surface area contributed by atoms with Gasteiger partial charge in [-0.3, -0.25) is 9.59 Å². The molecule has 1 atom stereocenters. The van der Waals surface area contributed by atoms with Gasteiger partial charge in [0.1, 0.15) is 5.54 Å². The van der Waals surface area contributed by atoms with Crippen molar-refractivity contribution in [3.8, 4) is 0 Å². The maximum Gasteiger partial charge on any atom is 0.248 e. The molecule has 0 aromatic carbocycles. The van der Waals surface area contributed by atoms with Crippen molar-refractivity contribution in [2.75, 3.05) is 6.54 Å². The van der Waals surface area contributed by atoms with E-state index in [-0.39, 0.29) is 17.7 Å². The Labute approximate surface area is 127 Å². The first kappa shape index (κ1) is 13.9. The van der Waals surface area contributed by atoms with Crippen LogP contribution >= 0.6 is 22.9 Å². The Morgan fingerprint density at radius 3 is 2.80 bits per heavy atom. The summed E-state index contributed by atoms with van der Waals surface area (Å²) >= 11 is 7.42. The van der Waals surface area contributed by atoms with Crippen molar-refractivity contribution in [2.24, 2.45) is 5.92 Å². The van der Waals surface area contributed by atoms with Crippen LogP contribution in [0.4, 0.5) is 0 Å². The van der Waals surface area contributed by atoms with Gasteiger partial charge in [0, 0.05) is 17.8 Å². The second-order valence-corrected chi connectivity index (χ2v) is 7.51. The van der Waals surface area contributed by atoms with Gasteiger partial charge >= 0.3 is 0 Å². The topological polar surface area (TPSA) is 49.4 Å². The highest BCUT2D eigenvalue weighted by Crippen LogP contribution is 2.41. The number of nitrogens with one attached hydrogen (secondary N) is 1. The van der Waals surface area contributed by atoms with Gasteiger partial charge in [-0.05, 0) is 37.8 Å². The number of carbonyl (C=O) groups excluding carboxylic acids is 2. The summed E-state index contributed by atoms with van der Waals surface area (Å²) in [5, 5.41) is 2.94. The summed E-state index contributed by atoms with van der Waals surface area (Å²) in [6.07, 6.45) is 2.40. The van der Waals surface area contributed by atoms with Gasteiger partial charge in [0.2, 0.25) is 11.8 Å². The van der Waals surface area contributed by atoms with Gasteiger partial charge in [-0.2, -0.15) is 0 Å². The first-order valence-electron chi connectivity index (χ1n) is 6.83. The van der Waals surface area contributed by atoms with Crippen molar-refractivity contribution in [3.63, 3.8) is 0 Å². The predicted molar refractivity (Wildman–Crippen MR) is 78.6 cm³/mol. The molecule has 20 heavy (non-hydrogen) atoms. The number of carbonyl (C=O) groups is 2. The van der Waals surface area contributed by atoms with E-state index in [1.165, 1.54) is 11.3 Å². The highest BCUT2D eigenvalue weighted by molar-refractivity contribution is 7.16. The summed E-state index contributed by atoms with van der Waals surface area (Å²) in [7, 11) is 0. The number of thiophene rings is 1. The summed E-state index contributed by atoms with van der Waals surface area (Å²) in [6, 6.07) is 3.78. The molecule has 108 valence electrons. The quantitative estimate of drug-likeness (QED) is 0.932. The fourth-order valence-electron chi connectivity index (χ4n) is 2.79. The lowest BCUT2D eigenvalue weighted by molar-refractivity contribution is -0.139. The zero-order valence-corrected chi connectivity index (χ0v) is 12.9. The van der Waals surface area contributed by atoms with Gasteiger partial charge in [-0.25, -0.2) is 0 Å². The minimum atomic E-state index is -0.728. The van der Waals surface area contributed by atoms with Crippen LogP contribution in [0, 0.1) is 5.92 Å². The highest BCUT2D eigenvalue weighted by atomic mass is 35.5. The monoisotopic (exact) mass is 312 g/mol. The van der Waals surface area contributed by atoms with Crippen molar-refractivity contribution in [1.29, 1.82) is 0 Å². The van der Waals surface area contributed by atoms with E-state index in [0.29, 0.717) is 19.5 Å². The Hall–Kier alpha value is -1.07. The molecule has 4 nitrogen and oxygen atoms in total. The normalized spacial score (nSPS) is 27.4. The Bertz CT molecular complexity index is 555. The Balaban J connectivity index is 1.82. The first-order chi connectivity index (χ1) is 9.49. The molecular weight excluding hydrogens is 296 g/mol. The molecule has 2 amide bonds. The smallest absolute Gasteiger partial charge is 0.248 e. The molecule has 1 unspecified atom stereocenters. The third-order valence-corrected chi connectivity index (χ3v) is 5.32. The molecule has 1 aliphatic carbocycles. The molecule has 1 saturated heterocycles. The first-order valence-corrected chi connectivity index (χ1v) is 8.03. The minimum absolute atomic E-state index is 0.0283. The fourth-order valence-corrected chi connectivity index (χ4v) is 3.89. The largest absolute Gasteiger partial charge is 0.342 e. The molecular formula is C14H17ClN2O2S. The fraction of sp³-hybridized carbons (Fsp3) is 0.571. The van der Waals surface area contributed by atoms with Crippen molar-refractivity contribution in [2.45, 2.75) is 38.3 Å². The van der Waals surface area contributed by atoms with E-state index in [0.717, 1.165) is 22.1 Å². The molecule has 2 fully saturated rings. The second kappa shape index (κ2) is 5.04. The van der Waals surface area contributed by atoms with Crippen LogP contribution in [0.25, 0.3) is 0 Å². The molecule has 6 heteroatoms. The maximum absolute atomic E-state index is 12.8. The van der Waals surface area contributed by atoms with Crippen LogP contribution in [0.3, 0.4) is 0 Å². The van der Waals surface area contributed by atoms with Gasteiger partial charge in [-0.15, -0.1) is 11.3 Å². The molecule has 3 rings (SSSR count). The Morgan fingerprint density at radius 2 is 2.20 bits per heavy atom. The van der Waals surface area contributed by atoms with E-state index in [9.17, 15) is 9.59 Å². The van der Waals surface area contributed by atoms with Crippen molar-refractivity contribution in [3.05, 3.63) is 21.3 Å². The Morgan fingerprint density at radius 1 is 1.45 bits per heavy atom. The van der Waals surface area contributed by atoms with Crippen LogP contribution < -0.4 is 5.32 Å². The standard InChI is InChI=1S/C14H17ClN2O2S/c1-14(9-2-3-9)13(19)17(7-6-12(18)16-14)8-10-4-5-11(15)20-10/h4-5,9H,2-3,6-8H2,1H3,(H,16,18). The molecule has 1 aromatic rings. The van der Waals surface area contributed by atoms with Crippen LogP contribution in [-0.4, -0.2) is 28.8 Å². The van der Waals surface area contributed by atoms with Crippen LogP contribution in [0.15, 0.2) is 12.1 Å². The average Bonchev–Trinajstić information content (AvgIpc) is 3.18. The number of nitrogens with zero attached hydrogens (tertiary/aromatic N) is 1. The molecule has 2 heterocycles. The van der Waals surface area contributed by atoms with Gasteiger partial charge < -0.3 is 10.2 Å². The number of hydrogen-bond donors (Lipinski definition) is 1. The van der Waals surface area contributed by atoms with E-state index >= 15 is 0 Å². The molecule has 1 aliphatic heterocycles. The minimum Gasteiger partial charge on any atom is -0.342 e. The number of halogens is 1. The number of amides is 2. The summed E-state index contributed by atoms with van der Waals surface area (Å²) in [6.45, 7) is 2.88. The SMILES string of the molecule is CC1(C2CC2)NC(=O)CCN(Cc2ccc(Cl)s2)C1=O. The zero-order valence-electron chi connectivity index (χ0n) is 11.3. The third kappa shape index (κ3) is 2.56. The summed E-state index contributed by atoms with van der Waals surface area (Å²) < 4.78 is 0.724. The van der Waals surface area contributed by atoms with Crippen molar-refractivity contribution < 1.29 is 9.59 Å². The second-order valence-electron chi connectivity index (χ2n) is 5.71. The Kier molecular flexibility index (Phi) is 3.50. The van der Waals surface area contributed by atoms with Crippen LogP contribution in [0.2, 0.25) is 4.34 Å². The maximum atomic E-state index is 12.8. The van der Waals surface area contributed by atoms with Crippen LogP contribution in [-0.2, 0) is 16.1 Å². The lowest BCUT2D eigenvalue weighted by Gasteiger charge is -2.32. The van der Waals surface area contributed by atoms with E-state index in [1.807, 2.05) is 19.1 Å². The zero-order chi connectivity index (χ0) is 14.3. The predicted octanol–water partition coefficient (Wildman–Crippen LogP) is 2.42. The lowest BCUT2D eigenvalue weighted by atomic mass is 9.94. The van der Waals surface area contributed by atoms with Crippen molar-refractivity contribution >= 4 is 34.8 Å². The van der Waals surface area contributed by atoms with Crippen molar-refractivity contribution in [1.82, 2.24) is 10.2 Å². The highest BCUT2D eigenvalue weighted by Gasteiger charge is 2.51. The molecule has 1 aromatic heterocycles. The summed E-state index contributed by atoms with van der Waals surface area (Å²) in [5.41, 5.74) is -0.728. The molecule has 1 saturated carbocycles. The van der Waals surface area contributed by atoms with Gasteiger partial charge in [0.05, 0.1) is 10.9 Å². The van der Waals surface area contributed by atoms with Gasteiger partial charge in [0.15, 0.2) is 0 Å². The van der Waals surface area contributed by atoms with E-state index in [2.05, 4.69) is 5.32 Å². The molecule has 0 radical (unpaired) electrons. The lowest BCUT2D eigenvalue weighted by Crippen LogP contribution is -2.56. The molecule has 0 bridgehead atoms. The van der Waals surface area contributed by atoms with Gasteiger partial charge in [-0.1, -0.05) is 11.6 Å². The third-order valence-electron chi connectivity index (χ3n) is 4.11. The summed E-state index contributed by atoms with van der Waals surface area (Å²) in [4.78, 5) is 27.5. The number of rotatable bonds is 3. The molecule has 2 aliphatic rings. The molecule has 0 spiro atoms. The van der Waals surface area contributed by atoms with E-state index in [4.69, 9.17) is 11.6 Å². The van der Waals surface area contributed by atoms with E-state index in [1.54, 1.807) is 4.90 Å². The molecule has 1 N–H and O–H groups in total. The van der Waals surface area contributed by atoms with Crippen LogP contribution in [0.5, 0.6) is 0 Å². The van der Waals surface area contributed by atoms with Gasteiger partial charge in [0.25, 0.3) is 0 Å².